The number of allylic oxidation sites excluding steroid dienone is 2. The number of imidazole rings is 1. The van der Waals surface area contributed by atoms with Crippen LogP contribution in [0.2, 0.25) is 0 Å². The van der Waals surface area contributed by atoms with Crippen molar-refractivity contribution in [3.05, 3.63) is 47.3 Å². The Balaban J connectivity index is 1.71. The van der Waals surface area contributed by atoms with Crippen molar-refractivity contribution in [1.82, 2.24) is 19.9 Å². The first kappa shape index (κ1) is 26.6. The number of carbonyl (C=O) groups excluding carboxylic acids is 2. The molecule has 2 amide bonds. The molecule has 8 heteroatoms. The van der Waals surface area contributed by atoms with Gasteiger partial charge in [0.2, 0.25) is 5.91 Å². The fourth-order valence-electron chi connectivity index (χ4n) is 6.36. The normalized spacial score (nSPS) is 20.6. The molecule has 2 aromatic rings. The van der Waals surface area contributed by atoms with E-state index >= 15 is 0 Å². The zero-order valence-corrected chi connectivity index (χ0v) is 23.0. The van der Waals surface area contributed by atoms with Crippen LogP contribution in [-0.4, -0.2) is 42.7 Å². The van der Waals surface area contributed by atoms with Crippen LogP contribution in [0.5, 0.6) is 0 Å². The maximum absolute atomic E-state index is 12.9. The number of nitriles is 1. The molecule has 1 fully saturated rings. The summed E-state index contributed by atoms with van der Waals surface area (Å²) in [7, 11) is 0. The van der Waals surface area contributed by atoms with Crippen LogP contribution in [-0.2, 0) is 4.79 Å². The number of hydrogen-bond acceptors (Lipinski definition) is 5. The summed E-state index contributed by atoms with van der Waals surface area (Å²) in [4.78, 5) is 39.4. The van der Waals surface area contributed by atoms with Crippen molar-refractivity contribution in [3.63, 3.8) is 0 Å². The second-order valence-corrected chi connectivity index (χ2v) is 12.5. The van der Waals surface area contributed by atoms with Crippen LogP contribution in [0.4, 0.5) is 5.69 Å². The smallest absolute Gasteiger partial charge is 0.291 e. The van der Waals surface area contributed by atoms with Crippen molar-refractivity contribution in [2.75, 3.05) is 5.32 Å². The average Bonchev–Trinajstić information content (AvgIpc) is 3.27. The Morgan fingerprint density at radius 1 is 1.14 bits per heavy atom. The van der Waals surface area contributed by atoms with Crippen molar-refractivity contribution in [3.8, 4) is 6.07 Å². The summed E-state index contributed by atoms with van der Waals surface area (Å²) in [5.74, 6) is -0.0582. The molecule has 0 spiro atoms. The number of H-pyrrole nitrogens is 1. The summed E-state index contributed by atoms with van der Waals surface area (Å²) in [5, 5.41) is 12.0. The molecule has 0 aromatic carbocycles. The highest BCUT2D eigenvalue weighted by atomic mass is 16.2. The lowest BCUT2D eigenvalue weighted by molar-refractivity contribution is -0.147. The van der Waals surface area contributed by atoms with Gasteiger partial charge >= 0.3 is 0 Å². The van der Waals surface area contributed by atoms with Gasteiger partial charge in [-0.2, -0.15) is 5.26 Å². The Labute approximate surface area is 219 Å². The van der Waals surface area contributed by atoms with E-state index in [4.69, 9.17) is 10.2 Å². The minimum atomic E-state index is -0.411. The summed E-state index contributed by atoms with van der Waals surface area (Å²) < 4.78 is 0. The Morgan fingerprint density at radius 2 is 1.81 bits per heavy atom. The molecular formula is C29H38N6O2. The molecule has 2 N–H and O–H groups in total. The van der Waals surface area contributed by atoms with E-state index in [1.165, 1.54) is 6.20 Å². The minimum absolute atomic E-state index is 0.0884. The number of anilines is 1. The Hall–Kier alpha value is -3.47. The third-order valence-corrected chi connectivity index (χ3v) is 7.79. The van der Waals surface area contributed by atoms with E-state index in [9.17, 15) is 9.59 Å². The molecule has 0 bridgehead atoms. The topological polar surface area (TPSA) is 115 Å². The van der Waals surface area contributed by atoms with Gasteiger partial charge < -0.3 is 15.2 Å². The lowest BCUT2D eigenvalue weighted by Gasteiger charge is -2.55. The SMILES string of the molecule is CC(=O)N1C(C)(C)CC(c2ccc(NC(=O)c3ncc(C#N)[nH]3)c(C3=CCC(C)(C)CC3)n2)CC1(C)C. The highest BCUT2D eigenvalue weighted by molar-refractivity contribution is 6.03. The number of piperidine rings is 1. The number of likely N-dealkylation sites (tertiary alicyclic amines) is 1. The number of aromatic nitrogens is 3. The summed E-state index contributed by atoms with van der Waals surface area (Å²) in [6.45, 7) is 14.7. The first-order chi connectivity index (χ1) is 17.2. The molecule has 196 valence electrons. The maximum Gasteiger partial charge on any atom is 0.291 e. The van der Waals surface area contributed by atoms with Crippen LogP contribution in [0.15, 0.2) is 24.4 Å². The molecule has 2 aliphatic rings. The minimum Gasteiger partial charge on any atom is -0.333 e. The third-order valence-electron chi connectivity index (χ3n) is 7.79. The summed E-state index contributed by atoms with van der Waals surface area (Å²) >= 11 is 0. The van der Waals surface area contributed by atoms with E-state index in [0.717, 1.165) is 49.1 Å². The predicted molar refractivity (Wildman–Crippen MR) is 144 cm³/mol. The second-order valence-electron chi connectivity index (χ2n) is 12.5. The standard InChI is InChI=1S/C29H38N6O2/c1-18(36)35-28(4,5)14-20(15-29(35,6)7)22-8-9-23(34-26(37)25-31-17-21(16-30)32-25)24(33-22)19-10-12-27(2,3)13-11-19/h8-10,17,20H,11-15H2,1-7H3,(H,31,32)(H,34,37). The molecule has 0 atom stereocenters. The third kappa shape index (κ3) is 5.46. The Morgan fingerprint density at radius 3 is 2.35 bits per heavy atom. The molecule has 0 radical (unpaired) electrons. The van der Waals surface area contributed by atoms with Crippen LogP contribution < -0.4 is 5.32 Å². The van der Waals surface area contributed by atoms with Gasteiger partial charge in [0, 0.05) is 29.6 Å². The quantitative estimate of drug-likeness (QED) is 0.548. The van der Waals surface area contributed by atoms with Crippen LogP contribution in [0, 0.1) is 16.7 Å². The zero-order chi connectivity index (χ0) is 27.2. The summed E-state index contributed by atoms with van der Waals surface area (Å²) in [6, 6.07) is 5.89. The lowest BCUT2D eigenvalue weighted by atomic mass is 9.72. The van der Waals surface area contributed by atoms with Gasteiger partial charge in [-0.1, -0.05) is 19.9 Å². The molecule has 0 saturated carbocycles. The van der Waals surface area contributed by atoms with E-state index in [-0.39, 0.29) is 39.8 Å². The molecule has 37 heavy (non-hydrogen) atoms. The van der Waals surface area contributed by atoms with E-state index in [1.54, 1.807) is 6.92 Å². The molecule has 4 rings (SSSR count). The molecule has 2 aromatic heterocycles. The Bertz CT molecular complexity index is 1280. The zero-order valence-electron chi connectivity index (χ0n) is 23.0. The largest absolute Gasteiger partial charge is 0.333 e. The van der Waals surface area contributed by atoms with Gasteiger partial charge in [0.05, 0.1) is 17.6 Å². The fourth-order valence-corrected chi connectivity index (χ4v) is 6.36. The number of carbonyl (C=O) groups is 2. The molecular weight excluding hydrogens is 464 g/mol. The lowest BCUT2D eigenvalue weighted by Crippen LogP contribution is -2.61. The van der Waals surface area contributed by atoms with Crippen molar-refractivity contribution in [2.24, 2.45) is 5.41 Å². The predicted octanol–water partition coefficient (Wildman–Crippen LogP) is 5.81. The van der Waals surface area contributed by atoms with E-state index < -0.39 is 5.91 Å². The fraction of sp³-hybridized carbons (Fsp3) is 0.552. The number of nitrogens with zero attached hydrogens (tertiary/aromatic N) is 4. The summed E-state index contributed by atoms with van der Waals surface area (Å²) in [6.07, 6.45) is 8.08. The molecule has 1 aliphatic carbocycles. The van der Waals surface area contributed by atoms with Crippen molar-refractivity contribution >= 4 is 23.1 Å². The number of rotatable bonds is 4. The molecule has 1 aliphatic heterocycles. The Kier molecular flexibility index (Phi) is 6.78. The monoisotopic (exact) mass is 502 g/mol. The van der Waals surface area contributed by atoms with Crippen molar-refractivity contribution < 1.29 is 9.59 Å². The van der Waals surface area contributed by atoms with E-state index in [2.05, 4.69) is 62.9 Å². The highest BCUT2D eigenvalue weighted by Gasteiger charge is 2.47. The first-order valence-corrected chi connectivity index (χ1v) is 13.0. The van der Waals surface area contributed by atoms with Gasteiger partial charge in [0.15, 0.2) is 5.82 Å². The molecule has 0 unspecified atom stereocenters. The maximum atomic E-state index is 12.9. The number of hydrogen-bond donors (Lipinski definition) is 2. The van der Waals surface area contributed by atoms with Crippen LogP contribution in [0.3, 0.4) is 0 Å². The van der Waals surface area contributed by atoms with E-state index in [0.29, 0.717) is 5.69 Å². The van der Waals surface area contributed by atoms with Gasteiger partial charge in [-0.05, 0) is 82.9 Å². The first-order valence-electron chi connectivity index (χ1n) is 13.0. The molecule has 3 heterocycles. The van der Waals surface area contributed by atoms with Gasteiger partial charge in [0.25, 0.3) is 5.91 Å². The molecule has 1 saturated heterocycles. The van der Waals surface area contributed by atoms with E-state index in [1.807, 2.05) is 23.1 Å². The average molecular weight is 503 g/mol. The summed E-state index contributed by atoms with van der Waals surface area (Å²) in [5.41, 5.74) is 3.39. The van der Waals surface area contributed by atoms with Gasteiger partial charge in [-0.25, -0.2) is 4.98 Å². The van der Waals surface area contributed by atoms with Crippen molar-refractivity contribution in [2.45, 2.75) is 97.6 Å². The number of pyridine rings is 1. The van der Waals surface area contributed by atoms with Crippen LogP contribution >= 0.6 is 0 Å². The second kappa shape index (κ2) is 9.44. The van der Waals surface area contributed by atoms with Gasteiger partial charge in [-0.3, -0.25) is 14.6 Å². The van der Waals surface area contributed by atoms with Crippen LogP contribution in [0.1, 0.15) is 114 Å². The van der Waals surface area contributed by atoms with Gasteiger partial charge in [0.1, 0.15) is 11.8 Å². The van der Waals surface area contributed by atoms with Crippen molar-refractivity contribution in [1.29, 1.82) is 5.26 Å². The van der Waals surface area contributed by atoms with Crippen LogP contribution in [0.25, 0.3) is 5.57 Å². The number of aromatic amines is 1. The van der Waals surface area contributed by atoms with Gasteiger partial charge in [-0.15, -0.1) is 0 Å². The number of amides is 2. The molecule has 8 nitrogen and oxygen atoms in total. The number of nitrogens with one attached hydrogen (secondary N) is 2. The highest BCUT2D eigenvalue weighted by Crippen LogP contribution is 2.46.